The van der Waals surface area contributed by atoms with Crippen LogP contribution in [0.4, 0.5) is 0 Å². The molecule has 1 aromatic heterocycles. The minimum Gasteiger partial charge on any atom is -0.349 e. The van der Waals surface area contributed by atoms with Crippen molar-refractivity contribution in [3.8, 4) is 0 Å². The third kappa shape index (κ3) is 3.05. The molecule has 1 fully saturated rings. The molecule has 1 aliphatic heterocycles. The maximum Gasteiger partial charge on any atom is 0.0225 e. The smallest absolute Gasteiger partial charge is 0.0225 e. The second-order valence-electron chi connectivity index (χ2n) is 6.73. The van der Waals surface area contributed by atoms with Crippen LogP contribution in [-0.4, -0.2) is 16.7 Å². The van der Waals surface area contributed by atoms with E-state index < -0.39 is 0 Å². The summed E-state index contributed by atoms with van der Waals surface area (Å²) in [5.41, 5.74) is 4.78. The van der Waals surface area contributed by atoms with Gasteiger partial charge in [-0.1, -0.05) is 13.8 Å². The molecule has 0 saturated carbocycles. The van der Waals surface area contributed by atoms with Crippen LogP contribution in [0.15, 0.2) is 6.07 Å². The van der Waals surface area contributed by atoms with Crippen LogP contribution in [0.2, 0.25) is 0 Å². The topological polar surface area (TPSA) is 17.0 Å². The van der Waals surface area contributed by atoms with Gasteiger partial charge < -0.3 is 9.88 Å². The van der Waals surface area contributed by atoms with Gasteiger partial charge in [0.15, 0.2) is 0 Å². The molecule has 1 aromatic rings. The summed E-state index contributed by atoms with van der Waals surface area (Å²) < 4.78 is 2.44. The molecule has 1 aliphatic rings. The Labute approximate surface area is 118 Å². The van der Waals surface area contributed by atoms with Gasteiger partial charge in [-0.25, -0.2) is 0 Å². The lowest BCUT2D eigenvalue weighted by atomic mass is 9.82. The van der Waals surface area contributed by atoms with Gasteiger partial charge in [0.25, 0.3) is 0 Å². The molecular formula is C17H30N2. The summed E-state index contributed by atoms with van der Waals surface area (Å²) in [6.07, 6.45) is 5.16. The van der Waals surface area contributed by atoms with Crippen molar-refractivity contribution in [1.29, 1.82) is 0 Å². The highest BCUT2D eigenvalue weighted by atomic mass is 15.0. The quantitative estimate of drug-likeness (QED) is 0.853. The molecule has 1 N–H and O–H groups in total. The highest BCUT2D eigenvalue weighted by Crippen LogP contribution is 2.32. The Balaban J connectivity index is 2.22. The van der Waals surface area contributed by atoms with Crippen molar-refractivity contribution in [1.82, 2.24) is 9.88 Å². The molecule has 2 heteroatoms. The fraction of sp³-hybridized carbons (Fsp3) is 0.765. The summed E-state index contributed by atoms with van der Waals surface area (Å²) in [5.74, 6) is 0.764. The van der Waals surface area contributed by atoms with E-state index in [4.69, 9.17) is 0 Å². The third-order valence-electron chi connectivity index (χ3n) is 4.65. The molecule has 108 valence electrons. The third-order valence-corrected chi connectivity index (χ3v) is 4.65. The maximum absolute atomic E-state index is 3.81. The number of rotatable bonds is 5. The Morgan fingerprint density at radius 3 is 2.58 bits per heavy atom. The molecule has 0 spiro atoms. The molecule has 0 amide bonds. The average Bonchev–Trinajstić information content (AvgIpc) is 2.85. The minimum absolute atomic E-state index is 0.352. The lowest BCUT2D eigenvalue weighted by molar-refractivity contribution is 0.301. The molecule has 1 unspecified atom stereocenters. The van der Waals surface area contributed by atoms with Crippen molar-refractivity contribution in [3.05, 3.63) is 23.0 Å². The van der Waals surface area contributed by atoms with Crippen molar-refractivity contribution in [3.63, 3.8) is 0 Å². The van der Waals surface area contributed by atoms with E-state index >= 15 is 0 Å². The summed E-state index contributed by atoms with van der Waals surface area (Å²) in [5, 5.41) is 3.81. The Morgan fingerprint density at radius 1 is 1.37 bits per heavy atom. The zero-order chi connectivity index (χ0) is 14.0. The van der Waals surface area contributed by atoms with Crippen molar-refractivity contribution < 1.29 is 0 Å². The summed E-state index contributed by atoms with van der Waals surface area (Å²) in [7, 11) is 0. The van der Waals surface area contributed by atoms with Crippen molar-refractivity contribution in [2.75, 3.05) is 6.54 Å². The van der Waals surface area contributed by atoms with Crippen LogP contribution in [0.3, 0.4) is 0 Å². The Bertz CT molecular complexity index is 423. The van der Waals surface area contributed by atoms with Gasteiger partial charge >= 0.3 is 0 Å². The Morgan fingerprint density at radius 2 is 2.11 bits per heavy atom. The van der Waals surface area contributed by atoms with Gasteiger partial charge in [-0.05, 0) is 70.5 Å². The normalized spacial score (nSPS) is 23.5. The van der Waals surface area contributed by atoms with Crippen LogP contribution < -0.4 is 5.32 Å². The highest BCUT2D eigenvalue weighted by molar-refractivity contribution is 5.29. The lowest BCUT2D eigenvalue weighted by Crippen LogP contribution is -2.43. The van der Waals surface area contributed by atoms with Gasteiger partial charge in [-0.2, -0.15) is 0 Å². The van der Waals surface area contributed by atoms with Gasteiger partial charge in [0.2, 0.25) is 0 Å². The van der Waals surface area contributed by atoms with Gasteiger partial charge in [0.05, 0.1) is 0 Å². The maximum atomic E-state index is 3.81. The number of hydrogen-bond donors (Lipinski definition) is 1. The van der Waals surface area contributed by atoms with Gasteiger partial charge in [0.1, 0.15) is 0 Å². The predicted octanol–water partition coefficient (Wildman–Crippen LogP) is 3.84. The SMILES string of the molecule is CCn1c(C)cc(CC2(CC(C)C)CCCN2)c1C. The van der Waals surface area contributed by atoms with Crippen molar-refractivity contribution in [2.24, 2.45) is 5.92 Å². The number of aryl methyl sites for hydroxylation is 1. The van der Waals surface area contributed by atoms with Crippen LogP contribution in [-0.2, 0) is 13.0 Å². The van der Waals surface area contributed by atoms with E-state index in [0.717, 1.165) is 12.5 Å². The Kier molecular flexibility index (Phi) is 4.39. The molecular weight excluding hydrogens is 232 g/mol. The standard InChI is InChI=1S/C17H30N2/c1-6-19-14(4)10-16(15(19)5)12-17(11-13(2)3)8-7-9-18-17/h10,13,18H,6-9,11-12H2,1-5H3. The first-order chi connectivity index (χ1) is 8.97. The molecule has 0 aromatic carbocycles. The molecule has 0 radical (unpaired) electrons. The average molecular weight is 262 g/mol. The molecule has 2 rings (SSSR count). The van der Waals surface area contributed by atoms with Crippen molar-refractivity contribution >= 4 is 0 Å². The van der Waals surface area contributed by atoms with Crippen LogP contribution in [0.25, 0.3) is 0 Å². The molecule has 0 aliphatic carbocycles. The summed E-state index contributed by atoms with van der Waals surface area (Å²) in [4.78, 5) is 0. The Hall–Kier alpha value is -0.760. The number of hydrogen-bond acceptors (Lipinski definition) is 1. The largest absolute Gasteiger partial charge is 0.349 e. The van der Waals surface area contributed by atoms with E-state index in [1.54, 1.807) is 5.56 Å². The van der Waals surface area contributed by atoms with E-state index in [-0.39, 0.29) is 0 Å². The highest BCUT2D eigenvalue weighted by Gasteiger charge is 2.34. The molecule has 1 atom stereocenters. The van der Waals surface area contributed by atoms with Crippen LogP contribution in [0.5, 0.6) is 0 Å². The number of nitrogens with zero attached hydrogens (tertiary/aromatic N) is 1. The van der Waals surface area contributed by atoms with Gasteiger partial charge in [0, 0.05) is 23.5 Å². The zero-order valence-corrected chi connectivity index (χ0v) is 13.3. The zero-order valence-electron chi connectivity index (χ0n) is 13.3. The monoisotopic (exact) mass is 262 g/mol. The summed E-state index contributed by atoms with van der Waals surface area (Å²) in [6.45, 7) is 13.7. The minimum atomic E-state index is 0.352. The summed E-state index contributed by atoms with van der Waals surface area (Å²) >= 11 is 0. The number of nitrogens with one attached hydrogen (secondary N) is 1. The second kappa shape index (κ2) is 5.70. The van der Waals surface area contributed by atoms with E-state index in [1.165, 1.54) is 43.6 Å². The first-order valence-corrected chi connectivity index (χ1v) is 7.88. The van der Waals surface area contributed by atoms with Gasteiger partial charge in [-0.3, -0.25) is 0 Å². The molecule has 19 heavy (non-hydrogen) atoms. The molecule has 0 bridgehead atoms. The first kappa shape index (κ1) is 14.6. The number of aromatic nitrogens is 1. The fourth-order valence-electron chi connectivity index (χ4n) is 3.95. The first-order valence-electron chi connectivity index (χ1n) is 7.88. The molecule has 1 saturated heterocycles. The van der Waals surface area contributed by atoms with Crippen molar-refractivity contribution in [2.45, 2.75) is 72.4 Å². The van der Waals surface area contributed by atoms with E-state index in [9.17, 15) is 0 Å². The van der Waals surface area contributed by atoms with Crippen LogP contribution >= 0.6 is 0 Å². The lowest BCUT2D eigenvalue weighted by Gasteiger charge is -2.31. The molecule has 2 heterocycles. The molecule has 2 nitrogen and oxygen atoms in total. The van der Waals surface area contributed by atoms with Crippen LogP contribution in [0.1, 0.15) is 57.0 Å². The van der Waals surface area contributed by atoms with E-state index in [2.05, 4.69) is 50.6 Å². The fourth-order valence-corrected chi connectivity index (χ4v) is 3.95. The van der Waals surface area contributed by atoms with E-state index in [1.807, 2.05) is 0 Å². The van der Waals surface area contributed by atoms with Crippen LogP contribution in [0, 0.1) is 19.8 Å². The predicted molar refractivity (Wildman–Crippen MR) is 82.7 cm³/mol. The van der Waals surface area contributed by atoms with Gasteiger partial charge in [-0.15, -0.1) is 0 Å². The summed E-state index contributed by atoms with van der Waals surface area (Å²) in [6, 6.07) is 2.40. The second-order valence-corrected chi connectivity index (χ2v) is 6.73. The van der Waals surface area contributed by atoms with E-state index in [0.29, 0.717) is 5.54 Å².